The van der Waals surface area contributed by atoms with Gasteiger partial charge in [0.2, 0.25) is 0 Å². The first kappa shape index (κ1) is 16.1. The van der Waals surface area contributed by atoms with Crippen molar-refractivity contribution < 1.29 is 19.2 Å². The zero-order chi connectivity index (χ0) is 14.1. The highest BCUT2D eigenvalue weighted by molar-refractivity contribution is 6.03. The Morgan fingerprint density at radius 2 is 1.72 bits per heavy atom. The maximum atomic E-state index is 11.5. The smallest absolute Gasteiger partial charge is 0.324 e. The van der Waals surface area contributed by atoms with E-state index < -0.39 is 17.8 Å². The van der Waals surface area contributed by atoms with E-state index in [-0.39, 0.29) is 0 Å². The van der Waals surface area contributed by atoms with Gasteiger partial charge >= 0.3 is 6.03 Å². The molecule has 0 spiro atoms. The van der Waals surface area contributed by atoms with Gasteiger partial charge in [-0.3, -0.25) is 19.7 Å². The van der Waals surface area contributed by atoms with Crippen molar-refractivity contribution in [3.8, 4) is 0 Å². The highest BCUT2D eigenvalue weighted by atomic mass is 16.7. The summed E-state index contributed by atoms with van der Waals surface area (Å²) in [5.41, 5.74) is 0. The largest absolute Gasteiger partial charge is 0.325 e. The summed E-state index contributed by atoms with van der Waals surface area (Å²) in [7, 11) is 2.74. The van der Waals surface area contributed by atoms with Crippen LogP contribution in [0.25, 0.3) is 0 Å². The SMILES string of the molecule is CCN(CC)C(=O)NC(=O)/C=C/C(=O)N(C)OC. The zero-order valence-electron chi connectivity index (χ0n) is 11.1. The van der Waals surface area contributed by atoms with Gasteiger partial charge in [0.15, 0.2) is 0 Å². The van der Waals surface area contributed by atoms with E-state index in [2.05, 4.69) is 10.2 Å². The second kappa shape index (κ2) is 8.24. The van der Waals surface area contributed by atoms with Crippen LogP contribution in [-0.4, -0.2) is 55.1 Å². The van der Waals surface area contributed by atoms with Crippen LogP contribution in [0.4, 0.5) is 4.79 Å². The Bertz CT molecular complexity index is 337. The van der Waals surface area contributed by atoms with Crippen molar-refractivity contribution >= 4 is 17.8 Å². The molecule has 0 aromatic carbocycles. The van der Waals surface area contributed by atoms with Gasteiger partial charge in [-0.1, -0.05) is 0 Å². The third kappa shape index (κ3) is 5.44. The minimum Gasteiger partial charge on any atom is -0.325 e. The number of likely N-dealkylation sites (N-methyl/N-ethyl adjacent to an activating group) is 1. The lowest BCUT2D eigenvalue weighted by Gasteiger charge is -2.17. The van der Waals surface area contributed by atoms with Crippen molar-refractivity contribution in [3.63, 3.8) is 0 Å². The summed E-state index contributed by atoms with van der Waals surface area (Å²) in [5, 5.41) is 3.10. The minimum atomic E-state index is -0.648. The molecular weight excluding hydrogens is 238 g/mol. The van der Waals surface area contributed by atoms with Crippen molar-refractivity contribution in [2.45, 2.75) is 13.8 Å². The molecule has 0 radical (unpaired) electrons. The Morgan fingerprint density at radius 1 is 1.17 bits per heavy atom. The molecule has 0 heterocycles. The third-order valence-electron chi connectivity index (χ3n) is 2.24. The Balaban J connectivity index is 4.31. The number of urea groups is 1. The number of rotatable bonds is 5. The molecule has 0 atom stereocenters. The summed E-state index contributed by atoms with van der Waals surface area (Å²) in [5.74, 6) is -1.15. The molecule has 0 bridgehead atoms. The topological polar surface area (TPSA) is 79.0 Å². The second-order valence-electron chi connectivity index (χ2n) is 3.32. The van der Waals surface area contributed by atoms with E-state index in [0.717, 1.165) is 17.2 Å². The number of carbonyl (C=O) groups excluding carboxylic acids is 3. The molecule has 0 saturated heterocycles. The van der Waals surface area contributed by atoms with Gasteiger partial charge in [0, 0.05) is 32.3 Å². The minimum absolute atomic E-state index is 0.484. The van der Waals surface area contributed by atoms with Gasteiger partial charge in [-0.15, -0.1) is 0 Å². The molecule has 1 N–H and O–H groups in total. The summed E-state index contributed by atoms with van der Waals surface area (Å²) in [6.45, 7) is 4.62. The van der Waals surface area contributed by atoms with E-state index in [1.165, 1.54) is 19.1 Å². The standard InChI is InChI=1S/C11H19N3O4/c1-5-14(6-2)11(17)12-9(15)7-8-10(16)13(3)18-4/h7-8H,5-6H2,1-4H3,(H,12,15,17)/b8-7+. The first-order valence-electron chi connectivity index (χ1n) is 5.55. The van der Waals surface area contributed by atoms with Gasteiger partial charge in [0.1, 0.15) is 0 Å². The van der Waals surface area contributed by atoms with Crippen molar-refractivity contribution in [1.82, 2.24) is 15.3 Å². The number of hydrogen-bond acceptors (Lipinski definition) is 4. The quantitative estimate of drug-likeness (QED) is 0.561. The first-order chi connectivity index (χ1) is 8.46. The molecule has 0 rings (SSSR count). The summed E-state index contributed by atoms with van der Waals surface area (Å²) in [6, 6.07) is -0.484. The lowest BCUT2D eigenvalue weighted by Crippen LogP contribution is -2.42. The molecule has 7 nitrogen and oxygen atoms in total. The van der Waals surface area contributed by atoms with E-state index in [4.69, 9.17) is 0 Å². The normalized spacial score (nSPS) is 10.2. The lowest BCUT2D eigenvalue weighted by atomic mass is 10.4. The van der Waals surface area contributed by atoms with Gasteiger partial charge in [0.25, 0.3) is 11.8 Å². The molecule has 18 heavy (non-hydrogen) atoms. The molecule has 0 fully saturated rings. The molecule has 0 aliphatic rings. The molecule has 0 unspecified atom stereocenters. The first-order valence-corrected chi connectivity index (χ1v) is 5.55. The fourth-order valence-electron chi connectivity index (χ4n) is 1.08. The van der Waals surface area contributed by atoms with Gasteiger partial charge in [-0.05, 0) is 13.8 Å². The Morgan fingerprint density at radius 3 is 2.17 bits per heavy atom. The molecule has 0 aromatic rings. The maximum absolute atomic E-state index is 11.5. The number of nitrogens with zero attached hydrogens (tertiary/aromatic N) is 2. The monoisotopic (exact) mass is 257 g/mol. The van der Waals surface area contributed by atoms with E-state index in [1.54, 1.807) is 13.8 Å². The van der Waals surface area contributed by atoms with Crippen LogP contribution in [0.15, 0.2) is 12.2 Å². The average Bonchev–Trinajstić information content (AvgIpc) is 2.36. The lowest BCUT2D eigenvalue weighted by molar-refractivity contribution is -0.162. The van der Waals surface area contributed by atoms with Crippen molar-refractivity contribution in [2.75, 3.05) is 27.2 Å². The summed E-state index contributed by atoms with van der Waals surface area (Å²) < 4.78 is 0. The van der Waals surface area contributed by atoms with Crippen LogP contribution in [0.5, 0.6) is 0 Å². The van der Waals surface area contributed by atoms with Crippen LogP contribution < -0.4 is 5.32 Å². The fourth-order valence-corrected chi connectivity index (χ4v) is 1.08. The van der Waals surface area contributed by atoms with Gasteiger partial charge < -0.3 is 4.90 Å². The van der Waals surface area contributed by atoms with E-state index >= 15 is 0 Å². The predicted octanol–water partition coefficient (Wildman–Crippen LogP) is 0.140. The van der Waals surface area contributed by atoms with Crippen LogP contribution in [0, 0.1) is 0 Å². The maximum Gasteiger partial charge on any atom is 0.324 e. The molecular formula is C11H19N3O4. The van der Waals surface area contributed by atoms with E-state index in [1.807, 2.05) is 0 Å². The second-order valence-corrected chi connectivity index (χ2v) is 3.32. The summed E-state index contributed by atoms with van der Waals surface area (Å²) in [4.78, 5) is 40.2. The van der Waals surface area contributed by atoms with E-state index in [9.17, 15) is 14.4 Å². The average molecular weight is 257 g/mol. The Hall–Kier alpha value is -1.89. The Labute approximate surface area is 106 Å². The van der Waals surface area contributed by atoms with Crippen LogP contribution in [0.1, 0.15) is 13.8 Å². The van der Waals surface area contributed by atoms with Crippen molar-refractivity contribution in [2.24, 2.45) is 0 Å². The predicted molar refractivity (Wildman–Crippen MR) is 65.4 cm³/mol. The molecule has 4 amide bonds. The van der Waals surface area contributed by atoms with Crippen LogP contribution in [0.2, 0.25) is 0 Å². The number of hydroxylamine groups is 2. The highest BCUT2D eigenvalue weighted by Gasteiger charge is 2.11. The molecule has 0 aliphatic carbocycles. The molecule has 0 aromatic heterocycles. The number of amides is 4. The zero-order valence-corrected chi connectivity index (χ0v) is 11.1. The van der Waals surface area contributed by atoms with E-state index in [0.29, 0.717) is 13.1 Å². The van der Waals surface area contributed by atoms with Gasteiger partial charge in [0.05, 0.1) is 7.11 Å². The van der Waals surface area contributed by atoms with Gasteiger partial charge in [-0.25, -0.2) is 9.86 Å². The molecule has 7 heteroatoms. The van der Waals surface area contributed by atoms with Crippen LogP contribution >= 0.6 is 0 Å². The highest BCUT2D eigenvalue weighted by Crippen LogP contribution is 1.90. The number of imide groups is 1. The summed E-state index contributed by atoms with van der Waals surface area (Å²) in [6.07, 6.45) is 2.01. The Kier molecular flexibility index (Phi) is 7.37. The van der Waals surface area contributed by atoms with Gasteiger partial charge in [-0.2, -0.15) is 0 Å². The fraction of sp³-hybridized carbons (Fsp3) is 0.545. The number of nitrogens with one attached hydrogen (secondary N) is 1. The number of carbonyl (C=O) groups is 3. The molecule has 102 valence electrons. The van der Waals surface area contributed by atoms with Crippen LogP contribution in [-0.2, 0) is 14.4 Å². The van der Waals surface area contributed by atoms with Crippen LogP contribution in [0.3, 0.4) is 0 Å². The molecule has 0 aliphatic heterocycles. The van der Waals surface area contributed by atoms with Crippen molar-refractivity contribution in [1.29, 1.82) is 0 Å². The third-order valence-corrected chi connectivity index (χ3v) is 2.24. The molecule has 0 saturated carbocycles. The number of hydrogen-bond donors (Lipinski definition) is 1. The van der Waals surface area contributed by atoms with Crippen molar-refractivity contribution in [3.05, 3.63) is 12.2 Å². The summed E-state index contributed by atoms with van der Waals surface area (Å²) >= 11 is 0.